The van der Waals surface area contributed by atoms with Gasteiger partial charge in [-0.25, -0.2) is 4.79 Å². The molecule has 0 unspecified atom stereocenters. The SMILES string of the molecule is CC(C)(C)OC(=O)N1[C@@H](CC2CCCCC2)[C@@H](OC(=O)[C@@H](CO)CCCO)OC1(C)C. The fraction of sp³-hybridized carbons (Fsp3) is 0.913. The van der Waals surface area contributed by atoms with Crippen LogP contribution in [0, 0.1) is 11.8 Å². The number of carbonyl (C=O) groups is 2. The summed E-state index contributed by atoms with van der Waals surface area (Å²) in [6.45, 7) is 8.56. The highest BCUT2D eigenvalue weighted by Gasteiger charge is 2.53. The van der Waals surface area contributed by atoms with Gasteiger partial charge in [0.1, 0.15) is 17.4 Å². The molecular weight excluding hydrogens is 402 g/mol. The van der Waals surface area contributed by atoms with E-state index in [1.165, 1.54) is 6.42 Å². The van der Waals surface area contributed by atoms with Crippen LogP contribution < -0.4 is 0 Å². The molecule has 2 N–H and O–H groups in total. The van der Waals surface area contributed by atoms with Gasteiger partial charge >= 0.3 is 12.1 Å². The van der Waals surface area contributed by atoms with Gasteiger partial charge in [-0.1, -0.05) is 32.1 Å². The molecule has 0 bridgehead atoms. The molecule has 0 aromatic rings. The summed E-state index contributed by atoms with van der Waals surface area (Å²) < 4.78 is 17.4. The Morgan fingerprint density at radius 2 is 1.81 bits per heavy atom. The Kier molecular flexibility index (Phi) is 9.15. The van der Waals surface area contributed by atoms with Gasteiger partial charge in [-0.15, -0.1) is 0 Å². The zero-order chi connectivity index (χ0) is 23.2. The number of amides is 1. The number of rotatable bonds is 8. The first-order chi connectivity index (χ1) is 14.5. The van der Waals surface area contributed by atoms with Crippen molar-refractivity contribution in [2.75, 3.05) is 13.2 Å². The Morgan fingerprint density at radius 3 is 2.35 bits per heavy atom. The molecule has 8 nitrogen and oxygen atoms in total. The summed E-state index contributed by atoms with van der Waals surface area (Å²) in [4.78, 5) is 27.4. The van der Waals surface area contributed by atoms with Crippen LogP contribution >= 0.6 is 0 Å². The average Bonchev–Trinajstić information content (AvgIpc) is 2.91. The molecule has 2 rings (SSSR count). The largest absolute Gasteiger partial charge is 0.444 e. The molecule has 1 heterocycles. The van der Waals surface area contributed by atoms with E-state index in [4.69, 9.17) is 19.3 Å². The van der Waals surface area contributed by atoms with Crippen molar-refractivity contribution in [1.82, 2.24) is 4.90 Å². The average molecular weight is 444 g/mol. The predicted molar refractivity (Wildman–Crippen MR) is 115 cm³/mol. The second kappa shape index (κ2) is 11.0. The lowest BCUT2D eigenvalue weighted by Gasteiger charge is -2.36. The van der Waals surface area contributed by atoms with Gasteiger partial charge in [-0.05, 0) is 59.8 Å². The molecule has 2 fully saturated rings. The van der Waals surface area contributed by atoms with E-state index in [0.29, 0.717) is 25.2 Å². The van der Waals surface area contributed by atoms with Crippen molar-refractivity contribution in [2.24, 2.45) is 11.8 Å². The van der Waals surface area contributed by atoms with E-state index < -0.39 is 41.6 Å². The van der Waals surface area contributed by atoms with E-state index in [0.717, 1.165) is 25.7 Å². The monoisotopic (exact) mass is 443 g/mol. The fourth-order valence-electron chi connectivity index (χ4n) is 4.52. The topological polar surface area (TPSA) is 106 Å². The summed E-state index contributed by atoms with van der Waals surface area (Å²) in [5.74, 6) is -0.883. The first-order valence-corrected chi connectivity index (χ1v) is 11.6. The van der Waals surface area contributed by atoms with Crippen LogP contribution in [0.2, 0.25) is 0 Å². The summed E-state index contributed by atoms with van der Waals surface area (Å²) in [6, 6.07) is -0.464. The summed E-state index contributed by atoms with van der Waals surface area (Å²) in [7, 11) is 0. The number of nitrogens with zero attached hydrogens (tertiary/aromatic N) is 1. The lowest BCUT2D eigenvalue weighted by atomic mass is 9.84. The number of hydrogen-bond acceptors (Lipinski definition) is 7. The Hall–Kier alpha value is -1.38. The smallest absolute Gasteiger partial charge is 0.413 e. The van der Waals surface area contributed by atoms with E-state index in [1.807, 2.05) is 20.8 Å². The quantitative estimate of drug-likeness (QED) is 0.552. The number of esters is 1. The highest BCUT2D eigenvalue weighted by molar-refractivity contribution is 5.73. The highest BCUT2D eigenvalue weighted by atomic mass is 16.7. The van der Waals surface area contributed by atoms with Crippen molar-refractivity contribution in [2.45, 2.75) is 110 Å². The molecule has 1 aliphatic carbocycles. The van der Waals surface area contributed by atoms with E-state index in [1.54, 1.807) is 18.7 Å². The van der Waals surface area contributed by atoms with Crippen LogP contribution in [0.25, 0.3) is 0 Å². The standard InChI is InChI=1S/C23H41NO7/c1-22(2,3)31-21(28)24-18(14-16-10-7-6-8-11-16)20(30-23(24,4)5)29-19(27)17(15-26)12-9-13-25/h16-18,20,25-26H,6-15H2,1-5H3/t17-,18+,20+/m1/s1. The third kappa shape index (κ3) is 7.32. The van der Waals surface area contributed by atoms with Crippen LogP contribution in [0.1, 0.15) is 86.0 Å². The van der Waals surface area contributed by atoms with Crippen LogP contribution in [0.5, 0.6) is 0 Å². The summed E-state index contributed by atoms with van der Waals surface area (Å²) in [6.07, 6.45) is 5.67. The molecule has 1 amide bonds. The predicted octanol–water partition coefficient (Wildman–Crippen LogP) is 3.58. The molecule has 1 aliphatic heterocycles. The zero-order valence-corrected chi connectivity index (χ0v) is 19.8. The second-order valence-corrected chi connectivity index (χ2v) is 10.3. The summed E-state index contributed by atoms with van der Waals surface area (Å²) in [5, 5.41) is 18.6. The molecule has 1 saturated heterocycles. The summed E-state index contributed by atoms with van der Waals surface area (Å²) >= 11 is 0. The second-order valence-electron chi connectivity index (χ2n) is 10.3. The molecule has 8 heteroatoms. The molecule has 0 aromatic carbocycles. The van der Waals surface area contributed by atoms with Crippen molar-refractivity contribution in [1.29, 1.82) is 0 Å². The first-order valence-electron chi connectivity index (χ1n) is 11.6. The number of aliphatic hydroxyl groups is 2. The van der Waals surface area contributed by atoms with Crippen LogP contribution in [0.4, 0.5) is 4.79 Å². The Balaban J connectivity index is 2.23. The van der Waals surface area contributed by atoms with Crippen LogP contribution in [0.3, 0.4) is 0 Å². The lowest BCUT2D eigenvalue weighted by molar-refractivity contribution is -0.194. The van der Waals surface area contributed by atoms with E-state index >= 15 is 0 Å². The minimum absolute atomic E-state index is 0.0620. The van der Waals surface area contributed by atoms with Gasteiger partial charge in [0.15, 0.2) is 0 Å². The lowest BCUT2D eigenvalue weighted by Crippen LogP contribution is -2.51. The maximum absolute atomic E-state index is 13.1. The molecule has 180 valence electrons. The molecular formula is C23H41NO7. The van der Waals surface area contributed by atoms with Crippen LogP contribution in [-0.4, -0.2) is 64.0 Å². The molecule has 31 heavy (non-hydrogen) atoms. The van der Waals surface area contributed by atoms with Gasteiger partial charge in [0.05, 0.1) is 12.5 Å². The summed E-state index contributed by atoms with van der Waals surface area (Å²) in [5.41, 5.74) is -1.67. The van der Waals surface area contributed by atoms with E-state index in [2.05, 4.69) is 0 Å². The third-order valence-electron chi connectivity index (χ3n) is 6.02. The van der Waals surface area contributed by atoms with Crippen molar-refractivity contribution in [3.63, 3.8) is 0 Å². The fourth-order valence-corrected chi connectivity index (χ4v) is 4.52. The van der Waals surface area contributed by atoms with Gasteiger partial charge in [-0.3, -0.25) is 9.69 Å². The number of aliphatic hydroxyl groups excluding tert-OH is 2. The Bertz CT molecular complexity index is 595. The zero-order valence-electron chi connectivity index (χ0n) is 19.8. The minimum Gasteiger partial charge on any atom is -0.444 e. The molecule has 2 aliphatic rings. The molecule has 0 radical (unpaired) electrons. The highest BCUT2D eigenvalue weighted by Crippen LogP contribution is 2.40. The van der Waals surface area contributed by atoms with Crippen molar-refractivity contribution in [3.05, 3.63) is 0 Å². The maximum Gasteiger partial charge on any atom is 0.413 e. The molecule has 0 spiro atoms. The van der Waals surface area contributed by atoms with Gasteiger partial charge in [0.25, 0.3) is 0 Å². The van der Waals surface area contributed by atoms with Gasteiger partial charge in [0, 0.05) is 6.61 Å². The molecule has 3 atom stereocenters. The minimum atomic E-state index is -1.01. The van der Waals surface area contributed by atoms with Crippen LogP contribution in [0.15, 0.2) is 0 Å². The van der Waals surface area contributed by atoms with E-state index in [9.17, 15) is 14.7 Å². The number of ether oxygens (including phenoxy) is 3. The van der Waals surface area contributed by atoms with Crippen LogP contribution in [-0.2, 0) is 19.0 Å². The molecule has 1 saturated carbocycles. The third-order valence-corrected chi connectivity index (χ3v) is 6.02. The van der Waals surface area contributed by atoms with Gasteiger partial charge in [-0.2, -0.15) is 0 Å². The van der Waals surface area contributed by atoms with Crippen molar-refractivity contribution >= 4 is 12.1 Å². The molecule has 0 aromatic heterocycles. The normalized spacial score (nSPS) is 25.3. The maximum atomic E-state index is 13.1. The van der Waals surface area contributed by atoms with Crippen molar-refractivity contribution < 1.29 is 34.0 Å². The van der Waals surface area contributed by atoms with Gasteiger partial charge < -0.3 is 24.4 Å². The van der Waals surface area contributed by atoms with Crippen molar-refractivity contribution in [3.8, 4) is 0 Å². The number of hydrogen-bond donors (Lipinski definition) is 2. The number of carbonyl (C=O) groups excluding carboxylic acids is 2. The Morgan fingerprint density at radius 1 is 1.16 bits per heavy atom. The Labute approximate surface area is 186 Å². The first kappa shape index (κ1) is 25.9. The van der Waals surface area contributed by atoms with E-state index in [-0.39, 0.29) is 13.2 Å². The van der Waals surface area contributed by atoms with Gasteiger partial charge in [0.2, 0.25) is 6.29 Å².